The van der Waals surface area contributed by atoms with Crippen LogP contribution in [0.1, 0.15) is 117 Å². The first-order valence-corrected chi connectivity index (χ1v) is 14.6. The van der Waals surface area contributed by atoms with Crippen LogP contribution in [-0.4, -0.2) is 71.0 Å². The minimum atomic E-state index is -1.00. The molecule has 8 nitrogen and oxygen atoms in total. The van der Waals surface area contributed by atoms with Gasteiger partial charge in [0.2, 0.25) is 0 Å². The number of esters is 2. The molecule has 0 aromatic heterocycles. The molecule has 0 saturated carbocycles. The summed E-state index contributed by atoms with van der Waals surface area (Å²) in [4.78, 5) is 22.2. The largest absolute Gasteiger partial charge is 0.463 e. The Morgan fingerprint density at radius 3 is 1.50 bits per heavy atom. The molecule has 0 aromatic rings. The quantitative estimate of drug-likeness (QED) is 0.0567. The lowest BCUT2D eigenvalue weighted by atomic mass is 10.0. The van der Waals surface area contributed by atoms with Crippen LogP contribution in [0.4, 0.5) is 0 Å². The molecule has 38 heavy (non-hydrogen) atoms. The van der Waals surface area contributed by atoms with E-state index >= 15 is 0 Å². The molecular formula is C30H56O8. The predicted octanol–water partition coefficient (Wildman–Crippen LogP) is 5.16. The van der Waals surface area contributed by atoms with Gasteiger partial charge in [-0.2, -0.15) is 0 Å². The van der Waals surface area contributed by atoms with Gasteiger partial charge >= 0.3 is 11.9 Å². The molecule has 4 N–H and O–H groups in total. The first-order valence-electron chi connectivity index (χ1n) is 14.6. The summed E-state index contributed by atoms with van der Waals surface area (Å²) in [5.41, 5.74) is 0. The fourth-order valence-corrected chi connectivity index (χ4v) is 3.48. The minimum Gasteiger partial charge on any atom is -0.463 e. The Balaban J connectivity index is 0. The molecule has 0 heterocycles. The predicted molar refractivity (Wildman–Crippen MR) is 152 cm³/mol. The zero-order chi connectivity index (χ0) is 28.7. The SMILES string of the molecule is C/C=C/C=C/C(=O)OCC(O)CO.CCCCCCCCCCCCCCCCCC(=O)OCC(O)CO. The summed E-state index contributed by atoms with van der Waals surface area (Å²) in [5, 5.41) is 34.9. The molecular weight excluding hydrogens is 488 g/mol. The highest BCUT2D eigenvalue weighted by Crippen LogP contribution is 2.13. The van der Waals surface area contributed by atoms with Crippen molar-refractivity contribution < 1.29 is 39.5 Å². The summed E-state index contributed by atoms with van der Waals surface area (Å²) in [6.45, 7) is 3.02. The maximum absolute atomic E-state index is 11.4. The molecule has 0 aliphatic heterocycles. The Morgan fingerprint density at radius 1 is 0.658 bits per heavy atom. The summed E-state index contributed by atoms with van der Waals surface area (Å²) in [6, 6.07) is 0. The monoisotopic (exact) mass is 544 g/mol. The van der Waals surface area contributed by atoms with Gasteiger partial charge in [-0.1, -0.05) is 115 Å². The summed E-state index contributed by atoms with van der Waals surface area (Å²) in [7, 11) is 0. The Labute approximate surface area is 231 Å². The molecule has 0 aromatic carbocycles. The lowest BCUT2D eigenvalue weighted by Gasteiger charge is -2.08. The van der Waals surface area contributed by atoms with Crippen LogP contribution in [0.5, 0.6) is 0 Å². The van der Waals surface area contributed by atoms with E-state index in [4.69, 9.17) is 25.2 Å². The van der Waals surface area contributed by atoms with Crippen molar-refractivity contribution in [2.45, 2.75) is 129 Å². The Morgan fingerprint density at radius 2 is 1.08 bits per heavy atom. The average Bonchev–Trinajstić information content (AvgIpc) is 2.92. The van der Waals surface area contributed by atoms with Gasteiger partial charge in [-0.25, -0.2) is 4.79 Å². The van der Waals surface area contributed by atoms with Crippen LogP contribution >= 0.6 is 0 Å². The normalized spacial score (nSPS) is 12.8. The topological polar surface area (TPSA) is 134 Å². The lowest BCUT2D eigenvalue weighted by Crippen LogP contribution is -2.21. The number of carbonyl (C=O) groups excluding carboxylic acids is 2. The third-order valence-electron chi connectivity index (χ3n) is 5.80. The summed E-state index contributed by atoms with van der Waals surface area (Å²) >= 11 is 0. The van der Waals surface area contributed by atoms with E-state index in [2.05, 4.69) is 11.7 Å². The smallest absolute Gasteiger partial charge is 0.330 e. The highest BCUT2D eigenvalue weighted by Gasteiger charge is 2.07. The Bertz CT molecular complexity index is 577. The van der Waals surface area contributed by atoms with Crippen LogP contribution in [0.25, 0.3) is 0 Å². The minimum absolute atomic E-state index is 0.103. The number of aliphatic hydroxyl groups excluding tert-OH is 4. The Hall–Kier alpha value is -1.74. The number of carbonyl (C=O) groups is 2. The molecule has 0 amide bonds. The first-order chi connectivity index (χ1) is 18.4. The number of rotatable bonds is 24. The lowest BCUT2D eigenvalue weighted by molar-refractivity contribution is -0.147. The number of aliphatic hydroxyl groups is 4. The molecule has 2 atom stereocenters. The van der Waals surface area contributed by atoms with E-state index < -0.39 is 24.8 Å². The number of unbranched alkanes of at least 4 members (excludes halogenated alkanes) is 14. The molecule has 0 saturated heterocycles. The molecule has 0 radical (unpaired) electrons. The van der Waals surface area contributed by atoms with Crippen LogP contribution in [0.2, 0.25) is 0 Å². The molecule has 0 aliphatic rings. The van der Waals surface area contributed by atoms with Crippen molar-refractivity contribution in [3.8, 4) is 0 Å². The third-order valence-corrected chi connectivity index (χ3v) is 5.80. The summed E-state index contributed by atoms with van der Waals surface area (Å²) in [5.74, 6) is -0.812. The van der Waals surface area contributed by atoms with Crippen molar-refractivity contribution >= 4 is 11.9 Å². The third kappa shape index (κ3) is 32.3. The van der Waals surface area contributed by atoms with Gasteiger partial charge in [0.15, 0.2) is 0 Å². The number of allylic oxidation sites excluding steroid dienone is 3. The first kappa shape index (κ1) is 38.4. The van der Waals surface area contributed by atoms with E-state index in [1.807, 2.05) is 6.92 Å². The van der Waals surface area contributed by atoms with Crippen molar-refractivity contribution in [1.29, 1.82) is 0 Å². The van der Waals surface area contributed by atoms with Crippen LogP contribution in [0.3, 0.4) is 0 Å². The van der Waals surface area contributed by atoms with E-state index in [9.17, 15) is 9.59 Å². The molecule has 0 rings (SSSR count). The van der Waals surface area contributed by atoms with Crippen molar-refractivity contribution in [3.05, 3.63) is 24.3 Å². The number of hydrogen-bond donors (Lipinski definition) is 4. The average molecular weight is 545 g/mol. The van der Waals surface area contributed by atoms with Gasteiger partial charge in [0.1, 0.15) is 25.4 Å². The second-order valence-corrected chi connectivity index (χ2v) is 9.57. The van der Waals surface area contributed by atoms with Gasteiger partial charge in [-0.15, -0.1) is 0 Å². The fourth-order valence-electron chi connectivity index (χ4n) is 3.48. The van der Waals surface area contributed by atoms with Gasteiger partial charge in [0.25, 0.3) is 0 Å². The number of ether oxygens (including phenoxy) is 2. The van der Waals surface area contributed by atoms with Crippen LogP contribution in [0, 0.1) is 0 Å². The zero-order valence-electron chi connectivity index (χ0n) is 24.0. The van der Waals surface area contributed by atoms with E-state index in [1.54, 1.807) is 12.2 Å². The standard InChI is InChI=1S/C21H42O4.C9H14O4/c1-2-3-4-5-6-7-8-9-10-11-12-13-14-15-16-17-21(24)25-19-20(23)18-22;1-2-3-4-5-9(12)13-7-8(11)6-10/h20,22-23H,2-19H2,1H3;2-5,8,10-11H,6-7H2,1H3/b;3-2+,5-4+. The molecule has 0 aliphatic carbocycles. The molecule has 8 heteroatoms. The van der Waals surface area contributed by atoms with Crippen molar-refractivity contribution in [2.75, 3.05) is 26.4 Å². The second-order valence-electron chi connectivity index (χ2n) is 9.57. The van der Waals surface area contributed by atoms with Crippen LogP contribution in [0.15, 0.2) is 24.3 Å². The fraction of sp³-hybridized carbons (Fsp3) is 0.800. The van der Waals surface area contributed by atoms with Gasteiger partial charge in [0, 0.05) is 12.5 Å². The van der Waals surface area contributed by atoms with Crippen molar-refractivity contribution in [2.24, 2.45) is 0 Å². The highest BCUT2D eigenvalue weighted by atomic mass is 16.5. The number of hydrogen-bond acceptors (Lipinski definition) is 8. The molecule has 2 unspecified atom stereocenters. The second kappa shape index (κ2) is 31.5. The van der Waals surface area contributed by atoms with E-state index in [-0.39, 0.29) is 25.8 Å². The molecule has 224 valence electrons. The van der Waals surface area contributed by atoms with E-state index in [0.717, 1.165) is 12.8 Å². The van der Waals surface area contributed by atoms with Gasteiger partial charge in [0.05, 0.1) is 13.2 Å². The maximum atomic E-state index is 11.4. The molecule has 0 spiro atoms. The summed E-state index contributed by atoms with van der Waals surface area (Å²) < 4.78 is 9.44. The van der Waals surface area contributed by atoms with Gasteiger partial charge in [-0.3, -0.25) is 4.79 Å². The van der Waals surface area contributed by atoms with E-state index in [0.29, 0.717) is 6.42 Å². The molecule has 0 bridgehead atoms. The Kier molecular flexibility index (Phi) is 31.8. The van der Waals surface area contributed by atoms with Crippen molar-refractivity contribution in [1.82, 2.24) is 0 Å². The van der Waals surface area contributed by atoms with Gasteiger partial charge < -0.3 is 29.9 Å². The van der Waals surface area contributed by atoms with Crippen LogP contribution in [-0.2, 0) is 19.1 Å². The summed E-state index contributed by atoms with van der Waals surface area (Å²) in [6.07, 6.45) is 24.3. The van der Waals surface area contributed by atoms with Gasteiger partial charge in [-0.05, 0) is 13.3 Å². The van der Waals surface area contributed by atoms with Crippen LogP contribution < -0.4 is 0 Å². The zero-order valence-corrected chi connectivity index (χ0v) is 24.0. The molecule has 0 fully saturated rings. The maximum Gasteiger partial charge on any atom is 0.330 e. The van der Waals surface area contributed by atoms with Crippen molar-refractivity contribution in [3.63, 3.8) is 0 Å². The highest BCUT2D eigenvalue weighted by molar-refractivity contribution is 5.82. The van der Waals surface area contributed by atoms with E-state index in [1.165, 1.54) is 95.6 Å².